The number of carboxylic acid groups (broad SMARTS) is 2. The number of carbonyl (C=O) groups excluding carboxylic acids is 2. The summed E-state index contributed by atoms with van der Waals surface area (Å²) in [5.41, 5.74) is 0. The van der Waals surface area contributed by atoms with E-state index in [1.54, 1.807) is 13.8 Å². The summed E-state index contributed by atoms with van der Waals surface area (Å²) in [6.45, 7) is 5.50. The molecule has 2 N–H and O–H groups in total. The summed E-state index contributed by atoms with van der Waals surface area (Å²) in [6.07, 6.45) is -0.193. The summed E-state index contributed by atoms with van der Waals surface area (Å²) in [5, 5.41) is 14.8. The van der Waals surface area contributed by atoms with Crippen LogP contribution in [0.3, 0.4) is 0 Å². The minimum Gasteiger partial charge on any atom is -0.481 e. The fourth-order valence-electron chi connectivity index (χ4n) is 0.989. The van der Waals surface area contributed by atoms with Gasteiger partial charge in [-0.15, -0.1) is 0 Å². The topological polar surface area (TPSA) is 136 Å². The predicted octanol–water partition coefficient (Wildman–Crippen LogP) is 1.36. The number of aliphatic carboxylic acids is 2. The van der Waals surface area contributed by atoms with E-state index in [9.17, 15) is 19.2 Å². The van der Waals surface area contributed by atoms with E-state index in [2.05, 4.69) is 39.8 Å². The first-order valence-corrected chi connectivity index (χ1v) is 8.41. The van der Waals surface area contributed by atoms with Gasteiger partial charge in [-0.2, -0.15) is 30.1 Å². The molecule has 25 heavy (non-hydrogen) atoms. The molecule has 0 bridgehead atoms. The van der Waals surface area contributed by atoms with E-state index in [1.807, 2.05) is 6.92 Å². The highest BCUT2D eigenvalue weighted by Crippen LogP contribution is 2.06. The lowest BCUT2D eigenvalue weighted by atomic mass is 10.3. The third-order valence-electron chi connectivity index (χ3n) is 2.44. The summed E-state index contributed by atoms with van der Waals surface area (Å²) in [6, 6.07) is 0. The Morgan fingerprint density at radius 3 is 1.72 bits per heavy atom. The van der Waals surface area contributed by atoms with Gasteiger partial charge in [0, 0.05) is 0 Å². The quantitative estimate of drug-likeness (QED) is 0.185. The lowest BCUT2D eigenvalue weighted by Crippen LogP contribution is -2.23. The molecule has 0 rings (SSSR count). The van der Waals surface area contributed by atoms with Crippen LogP contribution in [-0.2, 0) is 33.7 Å². The van der Waals surface area contributed by atoms with Crippen LogP contribution in [-0.4, -0.2) is 57.3 Å². The molecular formula is C14H24O9S2. The van der Waals surface area contributed by atoms with Crippen LogP contribution in [0.4, 0.5) is 0 Å². The van der Waals surface area contributed by atoms with Crippen LogP contribution in [0, 0.1) is 0 Å². The standard InChI is InChI=1S/C8H14O5S.C6H10O4S/c1-3-5(2)12-13-8(11)6(14)4-7(9)10;1-2-10-6(9)4(11)3-5(7)8/h5-6,14H,3-4H2,1-2H3,(H,9,10);4,11H,2-3H2,1H3,(H,7,8). The average Bonchev–Trinajstić information content (AvgIpc) is 2.51. The molecule has 0 aliphatic carbocycles. The number of carboxylic acids is 2. The van der Waals surface area contributed by atoms with Gasteiger partial charge in [-0.25, -0.2) is 4.79 Å². The number of esters is 1. The van der Waals surface area contributed by atoms with Crippen molar-refractivity contribution in [2.45, 2.75) is 56.6 Å². The Bertz CT molecular complexity index is 442. The molecule has 11 heteroatoms. The molecule has 0 aromatic heterocycles. The third-order valence-corrected chi connectivity index (χ3v) is 3.22. The predicted molar refractivity (Wildman–Crippen MR) is 93.6 cm³/mol. The van der Waals surface area contributed by atoms with E-state index in [1.165, 1.54) is 0 Å². The van der Waals surface area contributed by atoms with Crippen molar-refractivity contribution in [1.29, 1.82) is 0 Å². The van der Waals surface area contributed by atoms with E-state index in [4.69, 9.17) is 10.2 Å². The van der Waals surface area contributed by atoms with Crippen molar-refractivity contribution in [2.75, 3.05) is 6.61 Å². The molecule has 0 aliphatic heterocycles. The lowest BCUT2D eigenvalue weighted by molar-refractivity contribution is -0.294. The van der Waals surface area contributed by atoms with Crippen molar-refractivity contribution in [2.24, 2.45) is 0 Å². The van der Waals surface area contributed by atoms with Gasteiger partial charge >= 0.3 is 23.9 Å². The van der Waals surface area contributed by atoms with Gasteiger partial charge in [0.2, 0.25) is 0 Å². The second-order valence-electron chi connectivity index (χ2n) is 4.70. The van der Waals surface area contributed by atoms with Crippen molar-refractivity contribution in [1.82, 2.24) is 0 Å². The molecule has 0 saturated carbocycles. The molecule has 0 aliphatic rings. The maximum atomic E-state index is 11.0. The molecule has 0 aromatic rings. The van der Waals surface area contributed by atoms with Crippen LogP contribution in [0.2, 0.25) is 0 Å². The number of rotatable bonds is 10. The van der Waals surface area contributed by atoms with Gasteiger partial charge < -0.3 is 14.9 Å². The molecule has 146 valence electrons. The van der Waals surface area contributed by atoms with Crippen molar-refractivity contribution in [3.05, 3.63) is 0 Å². The van der Waals surface area contributed by atoms with Crippen LogP contribution in [0.5, 0.6) is 0 Å². The minimum atomic E-state index is -1.11. The largest absolute Gasteiger partial charge is 0.481 e. The highest BCUT2D eigenvalue weighted by Gasteiger charge is 2.20. The SMILES string of the molecule is CCC(C)OOC(=O)C(S)CC(=O)O.CCOC(=O)C(S)CC(=O)O. The molecule has 0 spiro atoms. The fraction of sp³-hybridized carbons (Fsp3) is 0.714. The maximum absolute atomic E-state index is 11.0. The zero-order chi connectivity index (χ0) is 20.0. The molecule has 0 heterocycles. The highest BCUT2D eigenvalue weighted by atomic mass is 32.1. The van der Waals surface area contributed by atoms with Gasteiger partial charge in [0.1, 0.15) is 16.6 Å². The zero-order valence-electron chi connectivity index (χ0n) is 14.2. The van der Waals surface area contributed by atoms with E-state index in [-0.39, 0.29) is 25.6 Å². The number of carbonyl (C=O) groups is 4. The summed E-state index contributed by atoms with van der Waals surface area (Å²) in [4.78, 5) is 51.0. The van der Waals surface area contributed by atoms with E-state index in [0.717, 1.165) is 0 Å². The van der Waals surface area contributed by atoms with E-state index in [0.29, 0.717) is 6.42 Å². The minimum absolute atomic E-state index is 0.204. The van der Waals surface area contributed by atoms with Crippen molar-refractivity contribution in [3.63, 3.8) is 0 Å². The Morgan fingerprint density at radius 1 is 0.920 bits per heavy atom. The number of thiol groups is 2. The van der Waals surface area contributed by atoms with Gasteiger partial charge in [0.25, 0.3) is 0 Å². The molecule has 0 fully saturated rings. The first kappa shape index (κ1) is 25.8. The van der Waals surface area contributed by atoms with Gasteiger partial charge in [-0.3, -0.25) is 19.3 Å². The number of hydrogen-bond acceptors (Lipinski definition) is 9. The molecule has 3 unspecified atom stereocenters. The lowest BCUT2D eigenvalue weighted by Gasteiger charge is -2.10. The van der Waals surface area contributed by atoms with Crippen molar-refractivity contribution >= 4 is 49.1 Å². The van der Waals surface area contributed by atoms with Crippen molar-refractivity contribution < 1.29 is 43.9 Å². The van der Waals surface area contributed by atoms with Crippen LogP contribution in [0.15, 0.2) is 0 Å². The summed E-state index contributed by atoms with van der Waals surface area (Å²) >= 11 is 7.50. The van der Waals surface area contributed by atoms with Gasteiger partial charge in [-0.1, -0.05) is 6.92 Å². The van der Waals surface area contributed by atoms with Gasteiger partial charge in [0.15, 0.2) is 0 Å². The van der Waals surface area contributed by atoms with E-state index < -0.39 is 34.4 Å². The van der Waals surface area contributed by atoms with Crippen LogP contribution in [0.25, 0.3) is 0 Å². The van der Waals surface area contributed by atoms with Crippen LogP contribution in [0.1, 0.15) is 40.0 Å². The maximum Gasteiger partial charge on any atom is 0.355 e. The Balaban J connectivity index is 0. The highest BCUT2D eigenvalue weighted by molar-refractivity contribution is 7.82. The smallest absolute Gasteiger partial charge is 0.355 e. The van der Waals surface area contributed by atoms with E-state index >= 15 is 0 Å². The molecule has 0 amide bonds. The fourth-order valence-corrected chi connectivity index (χ4v) is 1.42. The first-order chi connectivity index (χ1) is 11.5. The Hall–Kier alpha value is -1.46. The monoisotopic (exact) mass is 400 g/mol. The van der Waals surface area contributed by atoms with Crippen LogP contribution >= 0.6 is 25.3 Å². The summed E-state index contributed by atoms with van der Waals surface area (Å²) in [5.74, 6) is -3.53. The summed E-state index contributed by atoms with van der Waals surface area (Å²) in [7, 11) is 0. The van der Waals surface area contributed by atoms with Gasteiger partial charge in [0.05, 0.1) is 19.4 Å². The molecule has 0 aromatic carbocycles. The Labute approximate surface area is 156 Å². The Kier molecular flexibility index (Phi) is 15.3. The third kappa shape index (κ3) is 15.8. The average molecular weight is 400 g/mol. The molecule has 3 atom stereocenters. The summed E-state index contributed by atoms with van der Waals surface area (Å²) < 4.78 is 4.53. The first-order valence-electron chi connectivity index (χ1n) is 7.38. The molecule has 9 nitrogen and oxygen atoms in total. The second-order valence-corrected chi connectivity index (χ2v) is 5.94. The molecular weight excluding hydrogens is 376 g/mol. The molecule has 0 saturated heterocycles. The number of ether oxygens (including phenoxy) is 1. The Morgan fingerprint density at radius 2 is 1.36 bits per heavy atom. The molecule has 0 radical (unpaired) electrons. The normalized spacial score (nSPS) is 13.5. The van der Waals surface area contributed by atoms with Gasteiger partial charge in [-0.05, 0) is 20.3 Å². The number of hydrogen-bond donors (Lipinski definition) is 4. The second kappa shape index (κ2) is 14.8. The van der Waals surface area contributed by atoms with Crippen molar-refractivity contribution in [3.8, 4) is 0 Å². The van der Waals surface area contributed by atoms with Crippen LogP contribution < -0.4 is 0 Å². The zero-order valence-corrected chi connectivity index (χ0v) is 16.0.